The molecule has 0 radical (unpaired) electrons. The number of hydrogen-bond donors (Lipinski definition) is 0. The van der Waals surface area contributed by atoms with E-state index in [0.717, 1.165) is 34.4 Å². The zero-order chi connectivity index (χ0) is 16.9. The van der Waals surface area contributed by atoms with Gasteiger partial charge in [-0.1, -0.05) is 35.3 Å². The number of hydrogen-bond acceptors (Lipinski definition) is 5. The Morgan fingerprint density at radius 3 is 2.54 bits per heavy atom. The molecule has 0 bridgehead atoms. The molecule has 2 aromatic heterocycles. The van der Waals surface area contributed by atoms with Crippen molar-refractivity contribution in [2.45, 2.75) is 26.6 Å². The van der Waals surface area contributed by atoms with Crippen molar-refractivity contribution < 1.29 is 0 Å². The highest BCUT2D eigenvalue weighted by atomic mass is 35.5. The van der Waals surface area contributed by atoms with E-state index in [1.807, 2.05) is 49.5 Å². The average Bonchev–Trinajstić information content (AvgIpc) is 2.97. The fraction of sp³-hybridized carbons (Fsp3) is 0.235. The van der Waals surface area contributed by atoms with Gasteiger partial charge in [-0.15, -0.1) is 21.5 Å². The molecule has 0 unspecified atom stereocenters. The summed E-state index contributed by atoms with van der Waals surface area (Å²) in [5.74, 6) is 0. The van der Waals surface area contributed by atoms with Crippen LogP contribution in [0.4, 0.5) is 0 Å². The summed E-state index contributed by atoms with van der Waals surface area (Å²) in [5.41, 5.74) is 2.11. The molecule has 0 atom stereocenters. The third-order valence-corrected chi connectivity index (χ3v) is 4.99. The first kappa shape index (κ1) is 17.3. The van der Waals surface area contributed by atoms with Gasteiger partial charge in [0.1, 0.15) is 10.0 Å². The van der Waals surface area contributed by atoms with Gasteiger partial charge in [0.05, 0.1) is 22.3 Å². The predicted molar refractivity (Wildman–Crippen MR) is 98.3 cm³/mol. The molecule has 0 spiro atoms. The highest BCUT2D eigenvalue weighted by Crippen LogP contribution is 2.24. The van der Waals surface area contributed by atoms with E-state index in [4.69, 9.17) is 23.2 Å². The summed E-state index contributed by atoms with van der Waals surface area (Å²) in [6, 6.07) is 11.7. The fourth-order valence-corrected chi connectivity index (χ4v) is 3.45. The molecule has 0 aliphatic heterocycles. The van der Waals surface area contributed by atoms with Crippen molar-refractivity contribution >= 4 is 34.5 Å². The van der Waals surface area contributed by atoms with Crippen molar-refractivity contribution in [3.05, 3.63) is 73.9 Å². The van der Waals surface area contributed by atoms with E-state index < -0.39 is 0 Å². The maximum atomic E-state index is 6.14. The number of pyridine rings is 1. The Morgan fingerprint density at radius 2 is 1.88 bits per heavy atom. The summed E-state index contributed by atoms with van der Waals surface area (Å²) in [4.78, 5) is 6.68. The number of aromatic nitrogens is 3. The summed E-state index contributed by atoms with van der Waals surface area (Å²) in [5, 5.41) is 11.4. The molecule has 0 aliphatic rings. The van der Waals surface area contributed by atoms with Gasteiger partial charge in [0.2, 0.25) is 0 Å². The normalized spacial score (nSPS) is 11.2. The lowest BCUT2D eigenvalue weighted by molar-refractivity contribution is 0.244. The van der Waals surface area contributed by atoms with Crippen molar-refractivity contribution in [2.75, 3.05) is 0 Å². The zero-order valence-electron chi connectivity index (χ0n) is 13.1. The van der Waals surface area contributed by atoms with Gasteiger partial charge in [0, 0.05) is 19.3 Å². The Morgan fingerprint density at radius 1 is 1.00 bits per heavy atom. The predicted octanol–water partition coefficient (Wildman–Crippen LogP) is 4.75. The van der Waals surface area contributed by atoms with Gasteiger partial charge in [-0.3, -0.25) is 9.88 Å². The number of nitrogens with zero attached hydrogens (tertiary/aromatic N) is 4. The van der Waals surface area contributed by atoms with Crippen LogP contribution in [0.3, 0.4) is 0 Å². The molecule has 0 aliphatic carbocycles. The van der Waals surface area contributed by atoms with E-state index >= 15 is 0 Å². The first-order chi connectivity index (χ1) is 11.6. The Kier molecular flexibility index (Phi) is 5.79. The van der Waals surface area contributed by atoms with Crippen molar-refractivity contribution in [3.8, 4) is 0 Å². The number of rotatable bonds is 6. The summed E-state index contributed by atoms with van der Waals surface area (Å²) in [7, 11) is 0. The van der Waals surface area contributed by atoms with E-state index in [1.54, 1.807) is 11.3 Å². The first-order valence-corrected chi connectivity index (χ1v) is 9.02. The molecule has 0 amide bonds. The van der Waals surface area contributed by atoms with Crippen molar-refractivity contribution in [1.82, 2.24) is 20.1 Å². The van der Waals surface area contributed by atoms with Gasteiger partial charge >= 0.3 is 0 Å². The lowest BCUT2D eigenvalue weighted by Crippen LogP contribution is -2.23. The van der Waals surface area contributed by atoms with Gasteiger partial charge in [-0.25, -0.2) is 0 Å². The summed E-state index contributed by atoms with van der Waals surface area (Å²) < 4.78 is 0. The fourth-order valence-electron chi connectivity index (χ4n) is 2.38. The van der Waals surface area contributed by atoms with Crippen molar-refractivity contribution in [3.63, 3.8) is 0 Å². The third-order valence-electron chi connectivity index (χ3n) is 3.43. The number of benzene rings is 1. The Balaban J connectivity index is 1.79. The van der Waals surface area contributed by atoms with Crippen LogP contribution in [0.1, 0.15) is 21.3 Å². The van der Waals surface area contributed by atoms with Crippen LogP contribution in [0.5, 0.6) is 0 Å². The number of aryl methyl sites for hydroxylation is 1. The van der Waals surface area contributed by atoms with Crippen LogP contribution in [0, 0.1) is 6.92 Å². The molecule has 2 heterocycles. The average molecular weight is 379 g/mol. The van der Waals surface area contributed by atoms with Crippen LogP contribution >= 0.6 is 34.5 Å². The van der Waals surface area contributed by atoms with Crippen LogP contribution in [-0.4, -0.2) is 20.1 Å². The second-order valence-corrected chi connectivity index (χ2v) is 7.51. The maximum Gasteiger partial charge on any atom is 0.131 e. The van der Waals surface area contributed by atoms with E-state index in [2.05, 4.69) is 20.1 Å². The summed E-state index contributed by atoms with van der Waals surface area (Å²) in [6.07, 6.45) is 1.81. The third kappa shape index (κ3) is 4.74. The second kappa shape index (κ2) is 8.03. The number of halogens is 2. The molecule has 7 heteroatoms. The molecular formula is C17H16Cl2N4S. The lowest BCUT2D eigenvalue weighted by Gasteiger charge is -2.21. The van der Waals surface area contributed by atoms with Gasteiger partial charge in [-0.05, 0) is 36.8 Å². The monoisotopic (exact) mass is 378 g/mol. The molecular weight excluding hydrogens is 363 g/mol. The van der Waals surface area contributed by atoms with Crippen LogP contribution < -0.4 is 0 Å². The van der Waals surface area contributed by atoms with E-state index in [9.17, 15) is 0 Å². The Hall–Kier alpha value is -1.53. The molecule has 3 rings (SSSR count). The molecule has 0 fully saturated rings. The van der Waals surface area contributed by atoms with Crippen LogP contribution in [0.25, 0.3) is 0 Å². The minimum absolute atomic E-state index is 0.566. The molecule has 24 heavy (non-hydrogen) atoms. The molecule has 1 aromatic carbocycles. The van der Waals surface area contributed by atoms with E-state index in [0.29, 0.717) is 16.6 Å². The van der Waals surface area contributed by atoms with E-state index in [1.165, 1.54) is 0 Å². The highest BCUT2D eigenvalue weighted by molar-refractivity contribution is 7.11. The summed E-state index contributed by atoms with van der Waals surface area (Å²) >= 11 is 13.8. The van der Waals surface area contributed by atoms with Crippen LogP contribution in [0.2, 0.25) is 10.0 Å². The van der Waals surface area contributed by atoms with Gasteiger partial charge in [0.15, 0.2) is 0 Å². The SMILES string of the molecule is Cc1nnc(CN(Cc2ccc(Cl)c(Cl)c2)Cc2ccccn2)s1. The van der Waals surface area contributed by atoms with Crippen molar-refractivity contribution in [2.24, 2.45) is 0 Å². The molecule has 3 aromatic rings. The lowest BCUT2D eigenvalue weighted by atomic mass is 10.2. The van der Waals surface area contributed by atoms with Gasteiger partial charge in [0.25, 0.3) is 0 Å². The molecule has 124 valence electrons. The zero-order valence-corrected chi connectivity index (χ0v) is 15.4. The quantitative estimate of drug-likeness (QED) is 0.620. The molecule has 0 N–H and O–H groups in total. The van der Waals surface area contributed by atoms with E-state index in [-0.39, 0.29) is 0 Å². The second-order valence-electron chi connectivity index (χ2n) is 5.43. The largest absolute Gasteiger partial charge is 0.287 e. The maximum absolute atomic E-state index is 6.14. The van der Waals surface area contributed by atoms with Crippen LogP contribution in [-0.2, 0) is 19.6 Å². The Bertz CT molecular complexity index is 807. The minimum atomic E-state index is 0.566. The van der Waals surface area contributed by atoms with Gasteiger partial charge < -0.3 is 0 Å². The van der Waals surface area contributed by atoms with Crippen LogP contribution in [0.15, 0.2) is 42.6 Å². The van der Waals surface area contributed by atoms with Crippen molar-refractivity contribution in [1.29, 1.82) is 0 Å². The highest BCUT2D eigenvalue weighted by Gasteiger charge is 2.12. The topological polar surface area (TPSA) is 41.9 Å². The minimum Gasteiger partial charge on any atom is -0.287 e. The standard InChI is InChI=1S/C17H16Cl2N4S/c1-12-21-22-17(24-12)11-23(10-14-4-2-3-7-20-14)9-13-5-6-15(18)16(19)8-13/h2-8H,9-11H2,1H3. The Labute approximate surface area is 155 Å². The molecule has 4 nitrogen and oxygen atoms in total. The first-order valence-electron chi connectivity index (χ1n) is 7.45. The van der Waals surface area contributed by atoms with Gasteiger partial charge in [-0.2, -0.15) is 0 Å². The smallest absolute Gasteiger partial charge is 0.131 e. The molecule has 0 saturated heterocycles. The summed E-state index contributed by atoms with van der Waals surface area (Å²) in [6.45, 7) is 4.12. The molecule has 0 saturated carbocycles.